The fourth-order valence-corrected chi connectivity index (χ4v) is 3.34. The number of nitrogens with one attached hydrogen (secondary N) is 1. The van der Waals surface area contributed by atoms with E-state index in [2.05, 4.69) is 10.3 Å². The van der Waals surface area contributed by atoms with E-state index in [9.17, 15) is 9.59 Å². The number of nitrogens with zero attached hydrogens (tertiary/aromatic N) is 2. The van der Waals surface area contributed by atoms with Crippen molar-refractivity contribution in [2.24, 2.45) is 0 Å². The first-order valence-corrected chi connectivity index (χ1v) is 10.7. The number of halogens is 1. The average molecular weight is 452 g/mol. The molecule has 1 atom stereocenters. The Balaban J connectivity index is 1.74. The number of carbonyl (C=O) groups excluding carboxylic acids is 2. The van der Waals surface area contributed by atoms with E-state index < -0.39 is 6.04 Å². The third-order valence-electron chi connectivity index (χ3n) is 5.12. The van der Waals surface area contributed by atoms with Gasteiger partial charge in [0.05, 0.1) is 25.8 Å². The maximum atomic E-state index is 13.2. The molecule has 166 valence electrons. The Labute approximate surface area is 193 Å². The summed E-state index contributed by atoms with van der Waals surface area (Å²) in [6.07, 6.45) is 1.85. The summed E-state index contributed by atoms with van der Waals surface area (Å²) in [4.78, 5) is 31.9. The molecule has 0 bridgehead atoms. The summed E-state index contributed by atoms with van der Waals surface area (Å²) >= 11 is 5.96. The first kappa shape index (κ1) is 23.3. The van der Waals surface area contributed by atoms with Crippen molar-refractivity contribution in [1.82, 2.24) is 15.2 Å². The molecule has 0 unspecified atom stereocenters. The molecule has 0 fully saturated rings. The van der Waals surface area contributed by atoms with Crippen LogP contribution in [0.5, 0.6) is 5.75 Å². The van der Waals surface area contributed by atoms with Gasteiger partial charge in [0.15, 0.2) is 0 Å². The van der Waals surface area contributed by atoms with Gasteiger partial charge < -0.3 is 15.0 Å². The Hall–Kier alpha value is -3.38. The van der Waals surface area contributed by atoms with Gasteiger partial charge in [0.25, 0.3) is 0 Å². The van der Waals surface area contributed by atoms with Crippen LogP contribution in [0.1, 0.15) is 23.7 Å². The van der Waals surface area contributed by atoms with E-state index in [1.54, 1.807) is 37.3 Å². The molecule has 2 aromatic carbocycles. The van der Waals surface area contributed by atoms with Gasteiger partial charge >= 0.3 is 0 Å². The molecule has 1 aromatic heterocycles. The highest BCUT2D eigenvalue weighted by Gasteiger charge is 2.26. The molecule has 0 aliphatic heterocycles. The molecule has 0 spiro atoms. The molecule has 0 radical (unpaired) electrons. The van der Waals surface area contributed by atoms with E-state index in [0.29, 0.717) is 18.1 Å². The van der Waals surface area contributed by atoms with Gasteiger partial charge in [-0.1, -0.05) is 41.9 Å². The highest BCUT2D eigenvalue weighted by atomic mass is 35.5. The van der Waals surface area contributed by atoms with Gasteiger partial charge in [-0.25, -0.2) is 0 Å². The Bertz CT molecular complexity index is 1020. The number of carbonyl (C=O) groups is 2. The molecule has 0 aliphatic carbocycles. The largest absolute Gasteiger partial charge is 0.497 e. The molecule has 0 aliphatic rings. The summed E-state index contributed by atoms with van der Waals surface area (Å²) in [6.45, 7) is 2.33. The van der Waals surface area contributed by atoms with Crippen molar-refractivity contribution in [2.45, 2.75) is 32.5 Å². The zero-order chi connectivity index (χ0) is 22.9. The number of ether oxygens (including phenoxy) is 1. The molecular weight excluding hydrogens is 426 g/mol. The van der Waals surface area contributed by atoms with Crippen LogP contribution in [0.4, 0.5) is 0 Å². The second kappa shape index (κ2) is 11.3. The molecule has 0 saturated heterocycles. The van der Waals surface area contributed by atoms with Gasteiger partial charge in [-0.05, 0) is 54.4 Å². The second-order valence-electron chi connectivity index (χ2n) is 7.39. The van der Waals surface area contributed by atoms with Gasteiger partial charge in [0.1, 0.15) is 11.8 Å². The van der Waals surface area contributed by atoms with Crippen LogP contribution in [-0.4, -0.2) is 34.8 Å². The lowest BCUT2D eigenvalue weighted by Crippen LogP contribution is -2.48. The summed E-state index contributed by atoms with van der Waals surface area (Å²) in [5.74, 6) is 0.339. The van der Waals surface area contributed by atoms with Crippen LogP contribution in [0.25, 0.3) is 0 Å². The summed E-state index contributed by atoms with van der Waals surface area (Å²) in [6, 6.07) is 19.4. The quantitative estimate of drug-likeness (QED) is 0.533. The van der Waals surface area contributed by atoms with Crippen molar-refractivity contribution in [3.8, 4) is 5.75 Å². The van der Waals surface area contributed by atoms with Crippen molar-refractivity contribution in [1.29, 1.82) is 0 Å². The summed E-state index contributed by atoms with van der Waals surface area (Å²) in [5.41, 5.74) is 2.49. The first-order valence-electron chi connectivity index (χ1n) is 10.3. The molecule has 3 rings (SSSR count). The Kier molecular flexibility index (Phi) is 8.22. The van der Waals surface area contributed by atoms with Gasteiger partial charge in [-0.15, -0.1) is 0 Å². The normalized spacial score (nSPS) is 11.5. The molecule has 7 heteroatoms. The highest BCUT2D eigenvalue weighted by Crippen LogP contribution is 2.17. The molecule has 3 aromatic rings. The van der Waals surface area contributed by atoms with Crippen molar-refractivity contribution in [2.75, 3.05) is 7.11 Å². The van der Waals surface area contributed by atoms with Gasteiger partial charge in [0.2, 0.25) is 11.8 Å². The number of methoxy groups -OCH3 is 1. The fourth-order valence-electron chi connectivity index (χ4n) is 3.22. The predicted octanol–water partition coefficient (Wildman–Crippen LogP) is 4.02. The number of rotatable bonds is 9. The van der Waals surface area contributed by atoms with Gasteiger partial charge in [0, 0.05) is 17.8 Å². The van der Waals surface area contributed by atoms with Crippen LogP contribution in [0, 0.1) is 0 Å². The molecule has 6 nitrogen and oxygen atoms in total. The van der Waals surface area contributed by atoms with E-state index in [1.165, 1.54) is 0 Å². The van der Waals surface area contributed by atoms with Crippen molar-refractivity contribution < 1.29 is 14.3 Å². The zero-order valence-electron chi connectivity index (χ0n) is 18.1. The molecule has 0 saturated carbocycles. The van der Waals surface area contributed by atoms with Gasteiger partial charge in [-0.3, -0.25) is 14.6 Å². The van der Waals surface area contributed by atoms with Crippen LogP contribution in [-0.2, 0) is 29.1 Å². The minimum Gasteiger partial charge on any atom is -0.497 e. The summed E-state index contributed by atoms with van der Waals surface area (Å²) in [5, 5.41) is 3.49. The Morgan fingerprint density at radius 2 is 1.72 bits per heavy atom. The highest BCUT2D eigenvalue weighted by molar-refractivity contribution is 6.30. The Morgan fingerprint density at radius 3 is 2.34 bits per heavy atom. The van der Waals surface area contributed by atoms with E-state index in [-0.39, 0.29) is 18.2 Å². The topological polar surface area (TPSA) is 71.5 Å². The van der Waals surface area contributed by atoms with E-state index in [0.717, 1.165) is 22.6 Å². The molecular formula is C25H26ClN3O3. The maximum absolute atomic E-state index is 13.2. The first-order chi connectivity index (χ1) is 15.5. The SMILES string of the molecule is COc1ccc(CN(C(=O)Cc2ccc(Cl)cc2)[C@@H](C)C(=O)NCc2ccccn2)cc1. The number of pyridine rings is 1. The lowest BCUT2D eigenvalue weighted by Gasteiger charge is -2.29. The number of benzene rings is 2. The van der Waals surface area contributed by atoms with Crippen molar-refractivity contribution in [3.05, 3.63) is 94.8 Å². The van der Waals surface area contributed by atoms with Crippen molar-refractivity contribution >= 4 is 23.4 Å². The third-order valence-corrected chi connectivity index (χ3v) is 5.37. The zero-order valence-corrected chi connectivity index (χ0v) is 18.9. The lowest BCUT2D eigenvalue weighted by atomic mass is 10.1. The lowest BCUT2D eigenvalue weighted by molar-refractivity contribution is -0.140. The third kappa shape index (κ3) is 6.56. The molecule has 2 amide bonds. The number of hydrogen-bond donors (Lipinski definition) is 1. The maximum Gasteiger partial charge on any atom is 0.242 e. The summed E-state index contributed by atoms with van der Waals surface area (Å²) < 4.78 is 5.21. The van der Waals surface area contributed by atoms with E-state index in [1.807, 2.05) is 54.6 Å². The van der Waals surface area contributed by atoms with Crippen LogP contribution >= 0.6 is 11.6 Å². The molecule has 1 N–H and O–H groups in total. The predicted molar refractivity (Wildman–Crippen MR) is 124 cm³/mol. The second-order valence-corrected chi connectivity index (χ2v) is 7.82. The molecule has 1 heterocycles. The summed E-state index contributed by atoms with van der Waals surface area (Å²) in [7, 11) is 1.60. The van der Waals surface area contributed by atoms with Crippen LogP contribution in [0.3, 0.4) is 0 Å². The molecule has 32 heavy (non-hydrogen) atoms. The van der Waals surface area contributed by atoms with Crippen LogP contribution in [0.2, 0.25) is 5.02 Å². The van der Waals surface area contributed by atoms with E-state index in [4.69, 9.17) is 16.3 Å². The number of hydrogen-bond acceptors (Lipinski definition) is 4. The van der Waals surface area contributed by atoms with Crippen molar-refractivity contribution in [3.63, 3.8) is 0 Å². The Morgan fingerprint density at radius 1 is 1.03 bits per heavy atom. The minimum atomic E-state index is -0.666. The average Bonchev–Trinajstić information content (AvgIpc) is 2.83. The minimum absolute atomic E-state index is 0.149. The number of amides is 2. The van der Waals surface area contributed by atoms with Gasteiger partial charge in [-0.2, -0.15) is 0 Å². The standard InChI is InChI=1S/C25H26ClN3O3/c1-18(25(31)28-16-22-5-3-4-14-27-22)29(17-20-8-12-23(32-2)13-9-20)24(30)15-19-6-10-21(26)11-7-19/h3-14,18H,15-17H2,1-2H3,(H,28,31)/t18-/m0/s1. The van der Waals surface area contributed by atoms with Crippen LogP contribution in [0.15, 0.2) is 72.9 Å². The fraction of sp³-hybridized carbons (Fsp3) is 0.240. The van der Waals surface area contributed by atoms with Crippen LogP contribution < -0.4 is 10.1 Å². The monoisotopic (exact) mass is 451 g/mol. The smallest absolute Gasteiger partial charge is 0.242 e. The van der Waals surface area contributed by atoms with E-state index >= 15 is 0 Å². The number of aromatic nitrogens is 1.